The van der Waals surface area contributed by atoms with E-state index < -0.39 is 0 Å². The van der Waals surface area contributed by atoms with Gasteiger partial charge >= 0.3 is 0 Å². The Labute approximate surface area is 98.4 Å². The number of hydrogen-bond acceptors (Lipinski definition) is 4. The van der Waals surface area contributed by atoms with Crippen LogP contribution >= 0.6 is 0 Å². The number of hydrogen-bond donors (Lipinski definition) is 2. The van der Waals surface area contributed by atoms with Gasteiger partial charge in [0.05, 0.1) is 23.5 Å². The van der Waals surface area contributed by atoms with Gasteiger partial charge in [-0.05, 0) is 20.8 Å². The first-order valence-electron chi connectivity index (χ1n) is 5.32. The average molecular weight is 234 g/mol. The number of carbonyl (C=O) groups is 1. The van der Waals surface area contributed by atoms with E-state index in [1.54, 1.807) is 6.20 Å². The van der Waals surface area contributed by atoms with Crippen molar-refractivity contribution >= 4 is 5.91 Å². The standard InChI is InChI=1S/C11H14N4O2/c1-6(10-7(2)15-17-8(10)3)14-11(16)9-4-12-13-5-9/h4-6H,1-3H3,(H,12,13)(H,14,16). The first-order valence-corrected chi connectivity index (χ1v) is 5.32. The van der Waals surface area contributed by atoms with Crippen molar-refractivity contribution < 1.29 is 9.32 Å². The minimum absolute atomic E-state index is 0.149. The van der Waals surface area contributed by atoms with Crippen molar-refractivity contribution in [3.63, 3.8) is 0 Å². The first kappa shape index (κ1) is 11.4. The van der Waals surface area contributed by atoms with Crippen molar-refractivity contribution in [3.05, 3.63) is 35.0 Å². The maximum Gasteiger partial charge on any atom is 0.254 e. The summed E-state index contributed by atoms with van der Waals surface area (Å²) in [6.45, 7) is 5.58. The third-order valence-corrected chi connectivity index (χ3v) is 2.63. The molecule has 6 heteroatoms. The highest BCUT2D eigenvalue weighted by Crippen LogP contribution is 2.21. The normalized spacial score (nSPS) is 12.4. The largest absolute Gasteiger partial charge is 0.361 e. The third-order valence-electron chi connectivity index (χ3n) is 2.63. The summed E-state index contributed by atoms with van der Waals surface area (Å²) < 4.78 is 5.07. The van der Waals surface area contributed by atoms with Gasteiger partial charge in [-0.3, -0.25) is 9.89 Å². The van der Waals surface area contributed by atoms with Gasteiger partial charge in [0.1, 0.15) is 5.76 Å². The van der Waals surface area contributed by atoms with Crippen LogP contribution in [0, 0.1) is 13.8 Å². The SMILES string of the molecule is Cc1noc(C)c1C(C)NC(=O)c1cn[nH]c1. The van der Waals surface area contributed by atoms with E-state index in [-0.39, 0.29) is 11.9 Å². The topological polar surface area (TPSA) is 83.8 Å². The molecule has 0 spiro atoms. The van der Waals surface area contributed by atoms with Crippen molar-refractivity contribution in [1.82, 2.24) is 20.7 Å². The van der Waals surface area contributed by atoms with Crippen LogP contribution in [0.2, 0.25) is 0 Å². The number of aromatic amines is 1. The van der Waals surface area contributed by atoms with E-state index in [1.165, 1.54) is 6.20 Å². The lowest BCUT2D eigenvalue weighted by Crippen LogP contribution is -2.26. The van der Waals surface area contributed by atoms with Gasteiger partial charge in [0.15, 0.2) is 0 Å². The molecule has 0 bridgehead atoms. The molecular formula is C11H14N4O2. The molecule has 2 aromatic heterocycles. The third kappa shape index (κ3) is 2.20. The number of nitrogens with zero attached hydrogens (tertiary/aromatic N) is 2. The lowest BCUT2D eigenvalue weighted by Gasteiger charge is -2.12. The number of aryl methyl sites for hydroxylation is 2. The smallest absolute Gasteiger partial charge is 0.254 e. The molecule has 1 atom stereocenters. The molecule has 0 fully saturated rings. The van der Waals surface area contributed by atoms with Gasteiger partial charge in [0, 0.05) is 11.8 Å². The van der Waals surface area contributed by atoms with Crippen molar-refractivity contribution in [2.24, 2.45) is 0 Å². The predicted octanol–water partition coefficient (Wildman–Crippen LogP) is 1.51. The van der Waals surface area contributed by atoms with E-state index in [4.69, 9.17) is 4.52 Å². The summed E-state index contributed by atoms with van der Waals surface area (Å²) in [6, 6.07) is -0.149. The van der Waals surface area contributed by atoms with E-state index in [0.717, 1.165) is 17.0 Å². The van der Waals surface area contributed by atoms with Gasteiger partial charge in [-0.2, -0.15) is 5.10 Å². The van der Waals surface area contributed by atoms with Gasteiger partial charge in [0.25, 0.3) is 5.91 Å². The molecule has 0 saturated carbocycles. The van der Waals surface area contributed by atoms with E-state index in [9.17, 15) is 4.79 Å². The minimum Gasteiger partial charge on any atom is -0.361 e. The fourth-order valence-corrected chi connectivity index (χ4v) is 1.84. The van der Waals surface area contributed by atoms with Gasteiger partial charge < -0.3 is 9.84 Å². The fourth-order valence-electron chi connectivity index (χ4n) is 1.84. The summed E-state index contributed by atoms with van der Waals surface area (Å²) in [7, 11) is 0. The summed E-state index contributed by atoms with van der Waals surface area (Å²) in [6.07, 6.45) is 3.03. The second-order valence-electron chi connectivity index (χ2n) is 3.92. The van der Waals surface area contributed by atoms with Gasteiger partial charge in [0.2, 0.25) is 0 Å². The zero-order valence-electron chi connectivity index (χ0n) is 9.94. The Hall–Kier alpha value is -2.11. The number of nitrogens with one attached hydrogen (secondary N) is 2. The molecule has 0 aromatic carbocycles. The molecule has 0 aliphatic rings. The second kappa shape index (κ2) is 4.40. The van der Waals surface area contributed by atoms with Crippen LogP contribution in [0.3, 0.4) is 0 Å². The van der Waals surface area contributed by atoms with Crippen molar-refractivity contribution in [1.29, 1.82) is 0 Å². The maximum absolute atomic E-state index is 11.8. The number of rotatable bonds is 3. The van der Waals surface area contributed by atoms with E-state index in [1.807, 2.05) is 20.8 Å². The first-order chi connectivity index (χ1) is 8.09. The van der Waals surface area contributed by atoms with Gasteiger partial charge in [-0.15, -0.1) is 0 Å². The van der Waals surface area contributed by atoms with Crippen LogP contribution in [-0.2, 0) is 0 Å². The molecule has 0 saturated heterocycles. The number of amides is 1. The van der Waals surface area contributed by atoms with Gasteiger partial charge in [-0.1, -0.05) is 5.16 Å². The average Bonchev–Trinajstić information content (AvgIpc) is 2.88. The molecule has 0 aliphatic carbocycles. The summed E-state index contributed by atoms with van der Waals surface area (Å²) >= 11 is 0. The van der Waals surface area contributed by atoms with Crippen LogP contribution in [-0.4, -0.2) is 21.3 Å². The van der Waals surface area contributed by atoms with Gasteiger partial charge in [-0.25, -0.2) is 0 Å². The summed E-state index contributed by atoms with van der Waals surface area (Å²) in [5, 5.41) is 13.1. The molecule has 2 aromatic rings. The highest BCUT2D eigenvalue weighted by Gasteiger charge is 2.19. The van der Waals surface area contributed by atoms with Crippen molar-refractivity contribution in [2.75, 3.05) is 0 Å². The van der Waals surface area contributed by atoms with Crippen LogP contribution in [0.4, 0.5) is 0 Å². The Bertz CT molecular complexity index is 496. The molecule has 1 unspecified atom stereocenters. The lowest BCUT2D eigenvalue weighted by atomic mass is 10.1. The Morgan fingerprint density at radius 1 is 1.53 bits per heavy atom. The zero-order chi connectivity index (χ0) is 12.4. The minimum atomic E-state index is -0.175. The predicted molar refractivity (Wildman–Crippen MR) is 60.4 cm³/mol. The Morgan fingerprint density at radius 3 is 2.82 bits per heavy atom. The fraction of sp³-hybridized carbons (Fsp3) is 0.364. The molecule has 2 rings (SSSR count). The molecule has 2 heterocycles. The Balaban J connectivity index is 2.12. The second-order valence-corrected chi connectivity index (χ2v) is 3.92. The van der Waals surface area contributed by atoms with Crippen molar-refractivity contribution in [2.45, 2.75) is 26.8 Å². The molecule has 0 radical (unpaired) electrons. The number of aromatic nitrogens is 3. The summed E-state index contributed by atoms with van der Waals surface area (Å²) in [5.41, 5.74) is 2.22. The van der Waals surface area contributed by atoms with Crippen LogP contribution in [0.15, 0.2) is 16.9 Å². The Morgan fingerprint density at radius 2 is 2.29 bits per heavy atom. The summed E-state index contributed by atoms with van der Waals surface area (Å²) in [4.78, 5) is 11.8. The molecule has 0 aliphatic heterocycles. The summed E-state index contributed by atoms with van der Waals surface area (Å²) in [5.74, 6) is 0.550. The van der Waals surface area contributed by atoms with Crippen LogP contribution in [0.5, 0.6) is 0 Å². The maximum atomic E-state index is 11.8. The molecule has 1 amide bonds. The van der Waals surface area contributed by atoms with E-state index >= 15 is 0 Å². The van der Waals surface area contributed by atoms with E-state index in [2.05, 4.69) is 20.7 Å². The monoisotopic (exact) mass is 234 g/mol. The highest BCUT2D eigenvalue weighted by molar-refractivity contribution is 5.93. The molecule has 2 N–H and O–H groups in total. The molecular weight excluding hydrogens is 220 g/mol. The van der Waals surface area contributed by atoms with Crippen LogP contribution in [0.1, 0.15) is 40.3 Å². The quantitative estimate of drug-likeness (QED) is 0.843. The van der Waals surface area contributed by atoms with Crippen LogP contribution < -0.4 is 5.32 Å². The Kier molecular flexibility index (Phi) is 2.95. The van der Waals surface area contributed by atoms with E-state index in [0.29, 0.717) is 5.56 Å². The lowest BCUT2D eigenvalue weighted by molar-refractivity contribution is 0.0940. The molecule has 6 nitrogen and oxygen atoms in total. The van der Waals surface area contributed by atoms with Crippen molar-refractivity contribution in [3.8, 4) is 0 Å². The number of carbonyl (C=O) groups excluding carboxylic acids is 1. The zero-order valence-corrected chi connectivity index (χ0v) is 9.94. The number of H-pyrrole nitrogens is 1. The highest BCUT2D eigenvalue weighted by atomic mass is 16.5. The van der Waals surface area contributed by atoms with Crippen LogP contribution in [0.25, 0.3) is 0 Å². The molecule has 90 valence electrons. The molecule has 17 heavy (non-hydrogen) atoms.